The first kappa shape index (κ1) is 16.9. The molecule has 0 spiro atoms. The summed E-state index contributed by atoms with van der Waals surface area (Å²) in [7, 11) is 0. The van der Waals surface area contributed by atoms with E-state index in [1.54, 1.807) is 30.3 Å². The van der Waals surface area contributed by atoms with Crippen molar-refractivity contribution >= 4 is 29.7 Å². The van der Waals surface area contributed by atoms with Gasteiger partial charge in [-0.3, -0.25) is 15.1 Å². The molecular formula is C18H13N3O5. The number of rotatable bonds is 5. The van der Waals surface area contributed by atoms with Crippen LogP contribution < -0.4 is 0 Å². The molecule has 8 heteroatoms. The first-order valence-electron chi connectivity index (χ1n) is 7.47. The molecular weight excluding hydrogens is 338 g/mol. The van der Waals surface area contributed by atoms with Crippen LogP contribution in [0.25, 0.3) is 12.2 Å². The summed E-state index contributed by atoms with van der Waals surface area (Å²) >= 11 is 0. The van der Waals surface area contributed by atoms with E-state index in [0.29, 0.717) is 11.3 Å². The molecule has 0 amide bonds. The molecule has 0 unspecified atom stereocenters. The van der Waals surface area contributed by atoms with Gasteiger partial charge in [0, 0.05) is 24.3 Å². The average molecular weight is 351 g/mol. The van der Waals surface area contributed by atoms with Gasteiger partial charge in [-0.2, -0.15) is 0 Å². The predicted molar refractivity (Wildman–Crippen MR) is 95.6 cm³/mol. The standard InChI is InChI=1S/C18H13N3O5/c22-15-6-2-4-13(10-15)19-11-16-18(23)26-17(20-16)8-7-12-3-1-5-14(9-12)21(24)25/h1-11,22-23H. The fourth-order valence-corrected chi connectivity index (χ4v) is 2.11. The number of hydrogen-bond donors (Lipinski definition) is 2. The van der Waals surface area contributed by atoms with Crippen molar-refractivity contribution in [2.24, 2.45) is 4.99 Å². The zero-order valence-corrected chi connectivity index (χ0v) is 13.3. The van der Waals surface area contributed by atoms with Crippen LogP contribution in [0.1, 0.15) is 17.1 Å². The van der Waals surface area contributed by atoms with Gasteiger partial charge in [-0.25, -0.2) is 4.98 Å². The molecule has 26 heavy (non-hydrogen) atoms. The first-order valence-corrected chi connectivity index (χ1v) is 7.47. The zero-order chi connectivity index (χ0) is 18.5. The second-order valence-corrected chi connectivity index (χ2v) is 5.21. The lowest BCUT2D eigenvalue weighted by Crippen LogP contribution is -1.87. The Kier molecular flexibility index (Phi) is 4.75. The minimum absolute atomic E-state index is 0.0265. The van der Waals surface area contributed by atoms with Crippen LogP contribution >= 0.6 is 0 Å². The average Bonchev–Trinajstić information content (AvgIpc) is 2.98. The second kappa shape index (κ2) is 7.31. The van der Waals surface area contributed by atoms with Crippen molar-refractivity contribution in [2.45, 2.75) is 0 Å². The summed E-state index contributed by atoms with van der Waals surface area (Å²) in [5.41, 5.74) is 1.17. The maximum absolute atomic E-state index is 10.8. The minimum atomic E-state index is -0.482. The fraction of sp³-hybridized carbons (Fsp3) is 0. The Labute approximate surface area is 147 Å². The topological polar surface area (TPSA) is 122 Å². The summed E-state index contributed by atoms with van der Waals surface area (Å²) in [6.45, 7) is 0. The maximum Gasteiger partial charge on any atom is 0.312 e. The Bertz CT molecular complexity index is 1010. The summed E-state index contributed by atoms with van der Waals surface area (Å²) in [6.07, 6.45) is 4.36. The Balaban J connectivity index is 1.77. The van der Waals surface area contributed by atoms with E-state index in [9.17, 15) is 20.3 Å². The number of nitro groups is 1. The van der Waals surface area contributed by atoms with Gasteiger partial charge in [-0.05, 0) is 23.8 Å². The molecule has 1 aromatic heterocycles. The number of aliphatic imine (C=N–C) groups is 1. The second-order valence-electron chi connectivity index (χ2n) is 5.21. The molecule has 0 radical (unpaired) electrons. The number of benzene rings is 2. The lowest BCUT2D eigenvalue weighted by Gasteiger charge is -1.93. The smallest absolute Gasteiger partial charge is 0.312 e. The van der Waals surface area contributed by atoms with Crippen molar-refractivity contribution in [1.82, 2.24) is 4.98 Å². The van der Waals surface area contributed by atoms with Crippen LogP contribution in [0, 0.1) is 10.1 Å². The number of aromatic hydroxyl groups is 2. The highest BCUT2D eigenvalue weighted by Crippen LogP contribution is 2.22. The van der Waals surface area contributed by atoms with Gasteiger partial charge in [0.2, 0.25) is 5.89 Å². The number of hydrogen-bond acceptors (Lipinski definition) is 7. The summed E-state index contributed by atoms with van der Waals surface area (Å²) in [5.74, 6) is -0.219. The maximum atomic E-state index is 10.8. The number of oxazole rings is 1. The van der Waals surface area contributed by atoms with Gasteiger partial charge in [0.05, 0.1) is 16.8 Å². The number of nitro benzene ring substituents is 1. The Morgan fingerprint density at radius 2 is 1.92 bits per heavy atom. The molecule has 1 heterocycles. The van der Waals surface area contributed by atoms with Gasteiger partial charge in [0.25, 0.3) is 5.69 Å². The van der Waals surface area contributed by atoms with E-state index in [1.807, 2.05) is 0 Å². The highest BCUT2D eigenvalue weighted by molar-refractivity contribution is 5.82. The lowest BCUT2D eigenvalue weighted by atomic mass is 10.2. The highest BCUT2D eigenvalue weighted by Gasteiger charge is 2.09. The summed E-state index contributed by atoms with van der Waals surface area (Å²) in [4.78, 5) is 18.5. The van der Waals surface area contributed by atoms with Crippen LogP contribution in [0.15, 0.2) is 57.9 Å². The van der Waals surface area contributed by atoms with E-state index in [2.05, 4.69) is 9.98 Å². The largest absolute Gasteiger partial charge is 0.508 e. The van der Waals surface area contributed by atoms with E-state index >= 15 is 0 Å². The van der Waals surface area contributed by atoms with Crippen LogP contribution in [0.4, 0.5) is 11.4 Å². The normalized spacial score (nSPS) is 11.4. The van der Waals surface area contributed by atoms with Crippen molar-refractivity contribution in [3.05, 3.63) is 75.8 Å². The fourth-order valence-electron chi connectivity index (χ4n) is 2.11. The molecule has 3 rings (SSSR count). The van der Waals surface area contributed by atoms with E-state index in [0.717, 1.165) is 0 Å². The molecule has 0 fully saturated rings. The summed E-state index contributed by atoms with van der Waals surface area (Å²) in [5, 5.41) is 29.9. The molecule has 0 saturated heterocycles. The lowest BCUT2D eigenvalue weighted by molar-refractivity contribution is -0.384. The monoisotopic (exact) mass is 351 g/mol. The van der Waals surface area contributed by atoms with Crippen molar-refractivity contribution in [3.63, 3.8) is 0 Å². The third-order valence-corrected chi connectivity index (χ3v) is 3.32. The van der Waals surface area contributed by atoms with Crippen molar-refractivity contribution in [1.29, 1.82) is 0 Å². The first-order chi connectivity index (χ1) is 12.5. The molecule has 8 nitrogen and oxygen atoms in total. The molecule has 0 aliphatic carbocycles. The minimum Gasteiger partial charge on any atom is -0.508 e. The molecule has 2 aromatic carbocycles. The van der Waals surface area contributed by atoms with Crippen LogP contribution in [0.2, 0.25) is 0 Å². The Morgan fingerprint density at radius 3 is 2.69 bits per heavy atom. The Morgan fingerprint density at radius 1 is 1.12 bits per heavy atom. The number of aromatic nitrogens is 1. The van der Waals surface area contributed by atoms with E-state index < -0.39 is 10.9 Å². The van der Waals surface area contributed by atoms with Crippen molar-refractivity contribution < 1.29 is 19.6 Å². The molecule has 0 atom stereocenters. The molecule has 0 aliphatic rings. The van der Waals surface area contributed by atoms with E-state index in [-0.39, 0.29) is 23.0 Å². The Hall–Kier alpha value is -3.94. The van der Waals surface area contributed by atoms with Gasteiger partial charge in [-0.1, -0.05) is 18.2 Å². The third-order valence-electron chi connectivity index (χ3n) is 3.32. The van der Waals surface area contributed by atoms with Crippen LogP contribution in [-0.4, -0.2) is 26.3 Å². The molecule has 0 aliphatic heterocycles. The van der Waals surface area contributed by atoms with Gasteiger partial charge < -0.3 is 14.6 Å². The van der Waals surface area contributed by atoms with Crippen LogP contribution in [-0.2, 0) is 0 Å². The van der Waals surface area contributed by atoms with Crippen LogP contribution in [0.3, 0.4) is 0 Å². The number of nitrogens with zero attached hydrogens (tertiary/aromatic N) is 3. The quantitative estimate of drug-likeness (QED) is 0.408. The van der Waals surface area contributed by atoms with Gasteiger partial charge in [-0.15, -0.1) is 0 Å². The van der Waals surface area contributed by atoms with Crippen molar-refractivity contribution in [3.8, 4) is 11.7 Å². The zero-order valence-electron chi connectivity index (χ0n) is 13.3. The summed E-state index contributed by atoms with van der Waals surface area (Å²) in [6, 6.07) is 12.3. The van der Waals surface area contributed by atoms with E-state index in [4.69, 9.17) is 4.42 Å². The molecule has 0 saturated carbocycles. The third kappa shape index (κ3) is 4.12. The van der Waals surface area contributed by atoms with E-state index in [1.165, 1.54) is 36.6 Å². The molecule has 3 aromatic rings. The SMILES string of the molecule is O=[N+]([O-])c1cccc(C=Cc2nc(C=Nc3cccc(O)c3)c(O)o2)c1. The molecule has 2 N–H and O–H groups in total. The molecule has 0 bridgehead atoms. The number of phenols is 1. The highest BCUT2D eigenvalue weighted by atomic mass is 16.6. The van der Waals surface area contributed by atoms with Gasteiger partial charge >= 0.3 is 5.95 Å². The number of phenolic OH excluding ortho intramolecular Hbond substituents is 1. The van der Waals surface area contributed by atoms with Gasteiger partial charge in [0.1, 0.15) is 5.75 Å². The van der Waals surface area contributed by atoms with Crippen molar-refractivity contribution in [2.75, 3.05) is 0 Å². The summed E-state index contributed by atoms with van der Waals surface area (Å²) < 4.78 is 5.11. The predicted octanol–water partition coefficient (Wildman–Crippen LogP) is 3.92. The van der Waals surface area contributed by atoms with Gasteiger partial charge in [0.15, 0.2) is 5.69 Å². The molecule has 130 valence electrons. The van der Waals surface area contributed by atoms with Crippen LogP contribution in [0.5, 0.6) is 11.7 Å². The number of non-ortho nitro benzene ring substituents is 1.